The Morgan fingerprint density at radius 2 is 2.32 bits per heavy atom. The largest absolute Gasteiger partial charge is 0.486 e. The van der Waals surface area contributed by atoms with Gasteiger partial charge in [0.15, 0.2) is 0 Å². The van der Waals surface area contributed by atoms with E-state index in [2.05, 4.69) is 17.2 Å². The number of hydrogen-bond acceptors (Lipinski definition) is 5. The van der Waals surface area contributed by atoms with E-state index < -0.39 is 0 Å². The van der Waals surface area contributed by atoms with Crippen molar-refractivity contribution in [3.63, 3.8) is 0 Å². The highest BCUT2D eigenvalue weighted by atomic mass is 16.6. The lowest BCUT2D eigenvalue weighted by Gasteiger charge is -2.44. The van der Waals surface area contributed by atoms with Gasteiger partial charge < -0.3 is 19.5 Å². The highest BCUT2D eigenvalue weighted by molar-refractivity contribution is 5.17. The second-order valence-electron chi connectivity index (χ2n) is 4.57. The van der Waals surface area contributed by atoms with Gasteiger partial charge in [-0.2, -0.15) is 0 Å². The molecule has 1 aliphatic carbocycles. The van der Waals surface area contributed by atoms with Gasteiger partial charge >= 0.3 is 0 Å². The maximum Gasteiger partial charge on any atom is 0.138 e. The molecule has 3 unspecified atom stereocenters. The van der Waals surface area contributed by atoms with Crippen molar-refractivity contribution in [1.29, 1.82) is 0 Å². The van der Waals surface area contributed by atoms with Gasteiger partial charge in [0.1, 0.15) is 18.0 Å². The number of aromatic nitrogens is 1. The van der Waals surface area contributed by atoms with Crippen molar-refractivity contribution in [3.05, 3.63) is 24.5 Å². The predicted octanol–water partition coefficient (Wildman–Crippen LogP) is 1.24. The highest BCUT2D eigenvalue weighted by Crippen LogP contribution is 2.28. The van der Waals surface area contributed by atoms with Crippen LogP contribution in [-0.2, 0) is 9.47 Å². The Morgan fingerprint density at radius 3 is 3.00 bits per heavy atom. The van der Waals surface area contributed by atoms with E-state index in [-0.39, 0.29) is 12.2 Å². The van der Waals surface area contributed by atoms with Crippen molar-refractivity contribution in [3.8, 4) is 5.75 Å². The van der Waals surface area contributed by atoms with Crippen LogP contribution in [-0.4, -0.2) is 50.1 Å². The van der Waals surface area contributed by atoms with Crippen LogP contribution < -0.4 is 10.1 Å². The number of rotatable bonds is 8. The molecule has 0 amide bonds. The molecule has 5 nitrogen and oxygen atoms in total. The number of methoxy groups -OCH3 is 1. The van der Waals surface area contributed by atoms with Gasteiger partial charge in [-0.1, -0.05) is 6.92 Å². The van der Waals surface area contributed by atoms with Crippen LogP contribution in [0.3, 0.4) is 0 Å². The molecule has 19 heavy (non-hydrogen) atoms. The molecule has 1 aliphatic rings. The number of pyridine rings is 1. The molecule has 0 radical (unpaired) electrons. The molecule has 1 N–H and O–H groups in total. The first-order chi connectivity index (χ1) is 9.35. The van der Waals surface area contributed by atoms with Crippen molar-refractivity contribution >= 4 is 0 Å². The number of nitrogens with one attached hydrogen (secondary N) is 1. The molecule has 0 spiro atoms. The van der Waals surface area contributed by atoms with Gasteiger partial charge in [-0.15, -0.1) is 0 Å². The maximum atomic E-state index is 5.90. The molecule has 1 aromatic heterocycles. The Bertz CT molecular complexity index is 361. The molecule has 1 saturated carbocycles. The van der Waals surface area contributed by atoms with Crippen LogP contribution in [0.2, 0.25) is 0 Å². The third kappa shape index (κ3) is 3.89. The Kier molecular flexibility index (Phi) is 5.57. The minimum atomic E-state index is 0.0790. The van der Waals surface area contributed by atoms with Crippen LogP contribution in [0.15, 0.2) is 24.5 Å². The molecule has 0 saturated heterocycles. The molecule has 0 bridgehead atoms. The van der Waals surface area contributed by atoms with Gasteiger partial charge in [0.05, 0.1) is 19.4 Å². The smallest absolute Gasteiger partial charge is 0.138 e. The molecule has 0 aliphatic heterocycles. The Labute approximate surface area is 114 Å². The lowest BCUT2D eigenvalue weighted by Crippen LogP contribution is -2.61. The van der Waals surface area contributed by atoms with Crippen LogP contribution in [0.5, 0.6) is 5.75 Å². The monoisotopic (exact) mass is 266 g/mol. The average Bonchev–Trinajstić information content (AvgIpc) is 2.43. The molecular formula is C14H22N2O3. The van der Waals surface area contributed by atoms with Crippen LogP contribution in [0, 0.1) is 0 Å². The van der Waals surface area contributed by atoms with Gasteiger partial charge in [0, 0.05) is 25.8 Å². The lowest BCUT2D eigenvalue weighted by atomic mass is 9.85. The summed E-state index contributed by atoms with van der Waals surface area (Å²) in [5.74, 6) is 0.794. The van der Waals surface area contributed by atoms with Gasteiger partial charge in [-0.25, -0.2) is 0 Å². The third-order valence-electron chi connectivity index (χ3n) is 3.24. The van der Waals surface area contributed by atoms with Crippen molar-refractivity contribution in [2.24, 2.45) is 0 Å². The van der Waals surface area contributed by atoms with E-state index in [9.17, 15) is 0 Å². The molecule has 1 heterocycles. The zero-order valence-electron chi connectivity index (χ0n) is 11.5. The lowest BCUT2D eigenvalue weighted by molar-refractivity contribution is -0.115. The first-order valence-corrected chi connectivity index (χ1v) is 6.75. The van der Waals surface area contributed by atoms with Gasteiger partial charge in [0.25, 0.3) is 0 Å². The molecule has 1 aromatic rings. The summed E-state index contributed by atoms with van der Waals surface area (Å²) in [5.41, 5.74) is 0. The van der Waals surface area contributed by atoms with E-state index in [1.165, 1.54) is 0 Å². The van der Waals surface area contributed by atoms with E-state index in [0.717, 1.165) is 18.7 Å². The zero-order valence-corrected chi connectivity index (χ0v) is 11.5. The van der Waals surface area contributed by atoms with Crippen LogP contribution in [0.1, 0.15) is 13.3 Å². The Morgan fingerprint density at radius 1 is 1.42 bits per heavy atom. The summed E-state index contributed by atoms with van der Waals surface area (Å²) in [7, 11) is 1.68. The van der Waals surface area contributed by atoms with Gasteiger partial charge in [0.2, 0.25) is 0 Å². The topological polar surface area (TPSA) is 52.6 Å². The average molecular weight is 266 g/mol. The molecule has 0 aromatic carbocycles. The molecule has 1 fully saturated rings. The Hall–Kier alpha value is -1.17. The van der Waals surface area contributed by atoms with Crippen molar-refractivity contribution < 1.29 is 14.2 Å². The molecular weight excluding hydrogens is 244 g/mol. The number of hydrogen-bond donors (Lipinski definition) is 1. The van der Waals surface area contributed by atoms with Crippen molar-refractivity contribution in [2.45, 2.75) is 31.6 Å². The minimum Gasteiger partial charge on any atom is -0.486 e. The van der Waals surface area contributed by atoms with E-state index in [1.54, 1.807) is 19.5 Å². The predicted molar refractivity (Wildman–Crippen MR) is 72.4 cm³/mol. The van der Waals surface area contributed by atoms with Crippen LogP contribution in [0.4, 0.5) is 0 Å². The summed E-state index contributed by atoms with van der Waals surface area (Å²) in [6.07, 6.45) is 4.59. The van der Waals surface area contributed by atoms with Gasteiger partial charge in [-0.3, -0.25) is 4.98 Å². The first-order valence-electron chi connectivity index (χ1n) is 6.75. The SMILES string of the molecule is CCNC1CC(Oc2cccnc2)C1OCCOC. The van der Waals surface area contributed by atoms with Crippen LogP contribution >= 0.6 is 0 Å². The fraction of sp³-hybridized carbons (Fsp3) is 0.643. The zero-order chi connectivity index (χ0) is 13.5. The van der Waals surface area contributed by atoms with E-state index in [0.29, 0.717) is 19.3 Å². The van der Waals surface area contributed by atoms with Crippen LogP contribution in [0.25, 0.3) is 0 Å². The molecule has 3 atom stereocenters. The number of ether oxygens (including phenoxy) is 3. The molecule has 5 heteroatoms. The summed E-state index contributed by atoms with van der Waals surface area (Å²) in [5, 5.41) is 3.41. The van der Waals surface area contributed by atoms with E-state index in [1.807, 2.05) is 12.1 Å². The summed E-state index contributed by atoms with van der Waals surface area (Å²) < 4.78 is 16.8. The summed E-state index contributed by atoms with van der Waals surface area (Å²) in [6, 6.07) is 4.15. The maximum absolute atomic E-state index is 5.90. The molecule has 2 rings (SSSR count). The Balaban J connectivity index is 1.85. The standard InChI is InChI=1S/C14H22N2O3/c1-3-16-12-9-13(14(12)18-8-7-17-2)19-11-5-4-6-15-10-11/h4-6,10,12-14,16H,3,7-9H2,1-2H3. The summed E-state index contributed by atoms with van der Waals surface area (Å²) in [6.45, 7) is 4.24. The van der Waals surface area contributed by atoms with Gasteiger partial charge in [-0.05, 0) is 18.7 Å². The summed E-state index contributed by atoms with van der Waals surface area (Å²) in [4.78, 5) is 4.05. The highest BCUT2D eigenvalue weighted by Gasteiger charge is 2.43. The molecule has 106 valence electrons. The van der Waals surface area contributed by atoms with E-state index in [4.69, 9.17) is 14.2 Å². The fourth-order valence-corrected chi connectivity index (χ4v) is 2.24. The second kappa shape index (κ2) is 7.43. The first kappa shape index (κ1) is 14.2. The number of nitrogens with zero attached hydrogens (tertiary/aromatic N) is 1. The fourth-order valence-electron chi connectivity index (χ4n) is 2.24. The normalized spacial score (nSPS) is 25.9. The minimum absolute atomic E-state index is 0.0790. The number of likely N-dealkylation sites (N-methyl/N-ethyl adjacent to an activating group) is 1. The van der Waals surface area contributed by atoms with Crippen molar-refractivity contribution in [1.82, 2.24) is 10.3 Å². The second-order valence-corrected chi connectivity index (χ2v) is 4.57. The third-order valence-corrected chi connectivity index (χ3v) is 3.24. The summed E-state index contributed by atoms with van der Waals surface area (Å²) >= 11 is 0. The van der Waals surface area contributed by atoms with E-state index >= 15 is 0 Å². The van der Waals surface area contributed by atoms with Crippen molar-refractivity contribution in [2.75, 3.05) is 26.9 Å². The quantitative estimate of drug-likeness (QED) is 0.718.